The zero-order valence-electron chi connectivity index (χ0n) is 20.7. The Labute approximate surface area is 205 Å². The van der Waals surface area contributed by atoms with E-state index >= 15 is 0 Å². The summed E-state index contributed by atoms with van der Waals surface area (Å²) in [4.78, 5) is 7.02. The molecule has 178 valence electrons. The van der Waals surface area contributed by atoms with E-state index in [1.165, 1.54) is 5.56 Å². The second-order valence-electron chi connectivity index (χ2n) is 8.58. The van der Waals surface area contributed by atoms with Gasteiger partial charge in [0, 0.05) is 16.7 Å². The van der Waals surface area contributed by atoms with E-state index in [2.05, 4.69) is 77.9 Å². The fourth-order valence-electron chi connectivity index (χ4n) is 4.02. The van der Waals surface area contributed by atoms with Gasteiger partial charge in [0.1, 0.15) is 5.69 Å². The Kier molecular flexibility index (Phi) is 7.38. The first-order chi connectivity index (χ1) is 16.4. The Morgan fingerprint density at radius 2 is 1.71 bits per heavy atom. The first kappa shape index (κ1) is 24.0. The van der Waals surface area contributed by atoms with Gasteiger partial charge in [-0.05, 0) is 69.5 Å². The summed E-state index contributed by atoms with van der Waals surface area (Å²) in [6.45, 7) is 5.22. The molecule has 8 heteroatoms. The quantitative estimate of drug-likeness (QED) is 0.216. The van der Waals surface area contributed by atoms with Crippen LogP contribution in [0.3, 0.4) is 0 Å². The minimum Gasteiger partial charge on any atom is -0.493 e. The van der Waals surface area contributed by atoms with Crippen molar-refractivity contribution in [2.75, 3.05) is 40.6 Å². The Morgan fingerprint density at radius 3 is 2.38 bits per heavy atom. The van der Waals surface area contributed by atoms with Crippen molar-refractivity contribution < 1.29 is 14.0 Å². The SMILES string of the molecule is COc1cc2cc(C)[n+](-c3nc(SCCCN(C)C)n[nH]3)c(-c3ccc(C)cc3)c2cc1OC. The summed E-state index contributed by atoms with van der Waals surface area (Å²) in [5.41, 5.74) is 4.36. The van der Waals surface area contributed by atoms with Crippen molar-refractivity contribution in [1.82, 2.24) is 20.1 Å². The van der Waals surface area contributed by atoms with E-state index in [4.69, 9.17) is 14.5 Å². The van der Waals surface area contributed by atoms with Gasteiger partial charge in [-0.25, -0.2) is 0 Å². The number of aromatic nitrogens is 4. The molecule has 2 aromatic carbocycles. The molecule has 0 radical (unpaired) electrons. The number of pyridine rings is 1. The minimum atomic E-state index is 0.688. The summed E-state index contributed by atoms with van der Waals surface area (Å²) >= 11 is 1.67. The molecule has 0 aliphatic heterocycles. The molecule has 0 atom stereocenters. The first-order valence-corrected chi connectivity index (χ1v) is 12.3. The molecule has 0 aliphatic carbocycles. The van der Waals surface area contributed by atoms with Crippen LogP contribution in [0.5, 0.6) is 11.5 Å². The van der Waals surface area contributed by atoms with Crippen LogP contribution in [0.25, 0.3) is 28.0 Å². The highest BCUT2D eigenvalue weighted by Gasteiger charge is 2.24. The molecule has 0 saturated carbocycles. The van der Waals surface area contributed by atoms with Gasteiger partial charge in [0.15, 0.2) is 11.5 Å². The molecule has 0 unspecified atom stereocenters. The molecule has 34 heavy (non-hydrogen) atoms. The summed E-state index contributed by atoms with van der Waals surface area (Å²) < 4.78 is 13.3. The van der Waals surface area contributed by atoms with Crippen LogP contribution in [0.2, 0.25) is 0 Å². The van der Waals surface area contributed by atoms with Crippen molar-refractivity contribution in [3.05, 3.63) is 53.7 Å². The lowest BCUT2D eigenvalue weighted by atomic mass is 10.0. The number of rotatable bonds is 9. The number of H-pyrrole nitrogens is 1. The third kappa shape index (κ3) is 5.03. The number of nitrogens with one attached hydrogen (secondary N) is 1. The van der Waals surface area contributed by atoms with Gasteiger partial charge in [0.25, 0.3) is 5.16 Å². The predicted octanol–water partition coefficient (Wildman–Crippen LogP) is 4.58. The topological polar surface area (TPSA) is 67.2 Å². The highest BCUT2D eigenvalue weighted by Crippen LogP contribution is 2.36. The third-order valence-corrected chi connectivity index (χ3v) is 6.66. The molecule has 2 heterocycles. The number of benzene rings is 2. The first-order valence-electron chi connectivity index (χ1n) is 11.3. The summed E-state index contributed by atoms with van der Waals surface area (Å²) in [6.07, 6.45) is 1.08. The molecule has 0 spiro atoms. The second kappa shape index (κ2) is 10.4. The number of aryl methyl sites for hydroxylation is 2. The van der Waals surface area contributed by atoms with Crippen molar-refractivity contribution in [2.45, 2.75) is 25.4 Å². The second-order valence-corrected chi connectivity index (χ2v) is 9.64. The van der Waals surface area contributed by atoms with Crippen molar-refractivity contribution in [1.29, 1.82) is 0 Å². The van der Waals surface area contributed by atoms with Crippen LogP contribution in [-0.2, 0) is 0 Å². The van der Waals surface area contributed by atoms with Gasteiger partial charge in [-0.1, -0.05) is 46.7 Å². The average Bonchev–Trinajstić information content (AvgIpc) is 3.29. The predicted molar refractivity (Wildman–Crippen MR) is 137 cm³/mol. The van der Waals surface area contributed by atoms with Crippen LogP contribution in [0.4, 0.5) is 0 Å². The van der Waals surface area contributed by atoms with Gasteiger partial charge in [-0.3, -0.25) is 0 Å². The van der Waals surface area contributed by atoms with Gasteiger partial charge < -0.3 is 14.4 Å². The smallest absolute Gasteiger partial charge is 0.423 e. The molecule has 2 aromatic heterocycles. The van der Waals surface area contributed by atoms with Crippen LogP contribution >= 0.6 is 11.8 Å². The number of hydrogen-bond donors (Lipinski definition) is 1. The molecule has 0 amide bonds. The maximum Gasteiger partial charge on any atom is 0.423 e. The Morgan fingerprint density at radius 1 is 1.00 bits per heavy atom. The highest BCUT2D eigenvalue weighted by molar-refractivity contribution is 7.99. The zero-order valence-corrected chi connectivity index (χ0v) is 21.5. The van der Waals surface area contributed by atoms with Crippen molar-refractivity contribution in [2.24, 2.45) is 0 Å². The normalized spacial score (nSPS) is 11.4. The van der Waals surface area contributed by atoms with Crippen molar-refractivity contribution in [3.63, 3.8) is 0 Å². The van der Waals surface area contributed by atoms with Crippen molar-refractivity contribution in [3.8, 4) is 28.7 Å². The van der Waals surface area contributed by atoms with Crippen LogP contribution in [-0.4, -0.2) is 60.7 Å². The van der Waals surface area contributed by atoms with E-state index in [9.17, 15) is 0 Å². The van der Waals surface area contributed by atoms with Crippen LogP contribution in [0.15, 0.2) is 47.6 Å². The van der Waals surface area contributed by atoms with Gasteiger partial charge in [0.05, 0.1) is 19.9 Å². The summed E-state index contributed by atoms with van der Waals surface area (Å²) in [6, 6.07) is 14.7. The molecule has 4 rings (SSSR count). The van der Waals surface area contributed by atoms with E-state index in [1.54, 1.807) is 26.0 Å². The largest absolute Gasteiger partial charge is 0.493 e. The molecule has 4 aromatic rings. The fraction of sp³-hybridized carbons (Fsp3) is 0.346. The highest BCUT2D eigenvalue weighted by atomic mass is 32.2. The van der Waals surface area contributed by atoms with Gasteiger partial charge in [-0.2, -0.15) is 4.57 Å². The van der Waals surface area contributed by atoms with Crippen molar-refractivity contribution >= 4 is 22.5 Å². The minimum absolute atomic E-state index is 0.688. The number of nitrogens with zero attached hydrogens (tertiary/aromatic N) is 4. The number of methoxy groups -OCH3 is 2. The number of aromatic amines is 1. The lowest BCUT2D eigenvalue weighted by Crippen LogP contribution is -2.38. The third-order valence-electron chi connectivity index (χ3n) is 5.72. The van der Waals surface area contributed by atoms with Crippen LogP contribution < -0.4 is 14.0 Å². The molecule has 0 aliphatic rings. The fourth-order valence-corrected chi connectivity index (χ4v) is 4.74. The molecule has 0 saturated heterocycles. The number of hydrogen-bond acceptors (Lipinski definition) is 6. The standard InChI is InChI=1S/C26H32N5O2S/c1-17-8-10-19(11-9-17)24-21-16-23(33-6)22(32-5)15-20(21)14-18(2)31(24)25-27-26(29-28-25)34-13-7-12-30(3)4/h8-11,14-16H,7,12-13H2,1-6H3,(H,27,28,29)/q+1. The summed E-state index contributed by atoms with van der Waals surface area (Å²) in [7, 11) is 7.50. The maximum atomic E-state index is 5.63. The molecule has 7 nitrogen and oxygen atoms in total. The van der Waals surface area contributed by atoms with Gasteiger partial charge in [0.2, 0.25) is 0 Å². The Bertz CT molecular complexity index is 1280. The van der Waals surface area contributed by atoms with Gasteiger partial charge in [-0.15, -0.1) is 5.10 Å². The molecule has 0 bridgehead atoms. The number of ether oxygens (including phenoxy) is 2. The summed E-state index contributed by atoms with van der Waals surface area (Å²) in [5, 5.41) is 10.5. The molecular weight excluding hydrogens is 446 g/mol. The van der Waals surface area contributed by atoms with E-state index in [0.29, 0.717) is 17.4 Å². The Balaban J connectivity index is 1.85. The lowest BCUT2D eigenvalue weighted by molar-refractivity contribution is -0.597. The number of thioether (sulfide) groups is 1. The van der Waals surface area contributed by atoms with E-state index in [-0.39, 0.29) is 0 Å². The van der Waals surface area contributed by atoms with E-state index in [0.717, 1.165) is 51.6 Å². The van der Waals surface area contributed by atoms with Gasteiger partial charge >= 0.3 is 5.95 Å². The molecule has 1 N–H and O–H groups in total. The lowest BCUT2D eigenvalue weighted by Gasteiger charge is -2.15. The zero-order chi connectivity index (χ0) is 24.2. The molecular formula is C26H32N5O2S+. The van der Waals surface area contributed by atoms with E-state index in [1.807, 2.05) is 12.1 Å². The van der Waals surface area contributed by atoms with Crippen LogP contribution in [0, 0.1) is 13.8 Å². The monoisotopic (exact) mass is 478 g/mol. The number of fused-ring (bicyclic) bond motifs is 1. The summed E-state index contributed by atoms with van der Waals surface area (Å²) in [5.74, 6) is 3.06. The van der Waals surface area contributed by atoms with E-state index < -0.39 is 0 Å². The maximum absolute atomic E-state index is 5.63. The average molecular weight is 479 g/mol. The molecule has 0 fully saturated rings. The Hall–Kier alpha value is -3.10. The van der Waals surface area contributed by atoms with Crippen LogP contribution in [0.1, 0.15) is 17.7 Å².